The molecule has 1 saturated heterocycles. The Bertz CT molecular complexity index is 735. The van der Waals surface area contributed by atoms with E-state index in [9.17, 15) is 4.79 Å². The molecule has 1 aliphatic heterocycles. The van der Waals surface area contributed by atoms with Crippen LogP contribution in [0.2, 0.25) is 5.15 Å². The van der Waals surface area contributed by atoms with Crippen molar-refractivity contribution in [1.29, 1.82) is 0 Å². The molecule has 3 rings (SSSR count). The Labute approximate surface area is 160 Å². The number of amides is 1. The fourth-order valence-electron chi connectivity index (χ4n) is 3.26. The summed E-state index contributed by atoms with van der Waals surface area (Å²) in [6.07, 6.45) is 1.83. The van der Waals surface area contributed by atoms with Crippen LogP contribution in [0.25, 0.3) is 0 Å². The van der Waals surface area contributed by atoms with Gasteiger partial charge >= 0.3 is 0 Å². The molecule has 138 valence electrons. The molecule has 0 unspecified atom stereocenters. The number of aryl methyl sites for hydroxylation is 2. The number of carbonyl (C=O) groups excluding carboxylic acids is 1. The first-order chi connectivity index (χ1) is 12.5. The predicted molar refractivity (Wildman–Crippen MR) is 106 cm³/mol. The van der Waals surface area contributed by atoms with Crippen LogP contribution in [0, 0.1) is 13.8 Å². The van der Waals surface area contributed by atoms with Gasteiger partial charge in [0, 0.05) is 44.6 Å². The third-order valence-corrected chi connectivity index (χ3v) is 5.00. The first-order valence-corrected chi connectivity index (χ1v) is 9.30. The Kier molecular flexibility index (Phi) is 6.25. The summed E-state index contributed by atoms with van der Waals surface area (Å²) in [5, 5.41) is 3.59. The molecule has 1 fully saturated rings. The molecule has 26 heavy (non-hydrogen) atoms. The first-order valence-electron chi connectivity index (χ1n) is 8.92. The van der Waals surface area contributed by atoms with Crippen LogP contribution in [0.5, 0.6) is 0 Å². The highest BCUT2D eigenvalue weighted by Crippen LogP contribution is 2.19. The summed E-state index contributed by atoms with van der Waals surface area (Å²) in [5.74, 6) is 0.0535. The summed E-state index contributed by atoms with van der Waals surface area (Å²) in [4.78, 5) is 21.1. The van der Waals surface area contributed by atoms with E-state index in [-0.39, 0.29) is 5.91 Å². The normalized spacial score (nSPS) is 15.8. The molecule has 0 radical (unpaired) electrons. The van der Waals surface area contributed by atoms with Crippen LogP contribution < -0.4 is 5.32 Å². The van der Waals surface area contributed by atoms with Gasteiger partial charge in [0.2, 0.25) is 5.91 Å². The topological polar surface area (TPSA) is 48.5 Å². The Morgan fingerprint density at radius 3 is 2.35 bits per heavy atom. The summed E-state index contributed by atoms with van der Waals surface area (Å²) < 4.78 is 0. The van der Waals surface area contributed by atoms with Crippen LogP contribution in [-0.2, 0) is 11.3 Å². The van der Waals surface area contributed by atoms with Gasteiger partial charge in [-0.15, -0.1) is 0 Å². The lowest BCUT2D eigenvalue weighted by molar-refractivity contribution is -0.117. The van der Waals surface area contributed by atoms with Crippen LogP contribution in [0.3, 0.4) is 0 Å². The summed E-state index contributed by atoms with van der Waals surface area (Å²) in [5.41, 5.74) is 4.29. The molecular weight excluding hydrogens is 348 g/mol. The molecular formula is C20H25ClN4O. The van der Waals surface area contributed by atoms with Crippen molar-refractivity contribution in [1.82, 2.24) is 14.8 Å². The second-order valence-corrected chi connectivity index (χ2v) is 7.24. The molecule has 1 amide bonds. The van der Waals surface area contributed by atoms with Crippen LogP contribution in [-0.4, -0.2) is 53.4 Å². The minimum Gasteiger partial charge on any atom is -0.324 e. The number of aromatic nitrogens is 1. The zero-order chi connectivity index (χ0) is 18.5. The van der Waals surface area contributed by atoms with Crippen LogP contribution in [0.1, 0.15) is 16.7 Å². The first kappa shape index (κ1) is 18.8. The highest BCUT2D eigenvalue weighted by Gasteiger charge is 2.19. The molecule has 0 saturated carbocycles. The third-order valence-electron chi connectivity index (χ3n) is 4.77. The number of piperazine rings is 1. The second-order valence-electron chi connectivity index (χ2n) is 6.86. The lowest BCUT2D eigenvalue weighted by atomic mass is 10.1. The largest absolute Gasteiger partial charge is 0.324 e. The Balaban J connectivity index is 1.46. The number of para-hydroxylation sites is 1. The van der Waals surface area contributed by atoms with Crippen molar-refractivity contribution in [2.24, 2.45) is 0 Å². The van der Waals surface area contributed by atoms with Gasteiger partial charge in [0.25, 0.3) is 0 Å². The summed E-state index contributed by atoms with van der Waals surface area (Å²) in [7, 11) is 0. The van der Waals surface area contributed by atoms with Gasteiger partial charge < -0.3 is 5.32 Å². The lowest BCUT2D eigenvalue weighted by Gasteiger charge is -2.34. The average Bonchev–Trinajstić information content (AvgIpc) is 2.62. The molecule has 1 N–H and O–H groups in total. The van der Waals surface area contributed by atoms with Gasteiger partial charge in [-0.1, -0.05) is 35.9 Å². The Hall–Kier alpha value is -1.95. The van der Waals surface area contributed by atoms with E-state index in [1.165, 1.54) is 0 Å². The van der Waals surface area contributed by atoms with Crippen LogP contribution in [0.4, 0.5) is 5.69 Å². The minimum absolute atomic E-state index is 0.0535. The maximum absolute atomic E-state index is 12.4. The van der Waals surface area contributed by atoms with Gasteiger partial charge in [-0.3, -0.25) is 14.6 Å². The molecule has 5 nitrogen and oxygen atoms in total. The van der Waals surface area contributed by atoms with Crippen molar-refractivity contribution in [3.05, 3.63) is 58.4 Å². The van der Waals surface area contributed by atoms with Crippen LogP contribution >= 0.6 is 11.6 Å². The number of halogens is 1. The number of hydrogen-bond acceptors (Lipinski definition) is 4. The fraction of sp³-hybridized carbons (Fsp3) is 0.400. The van der Waals surface area contributed by atoms with Crippen molar-refractivity contribution < 1.29 is 4.79 Å². The third kappa shape index (κ3) is 5.04. The number of nitrogens with zero attached hydrogens (tertiary/aromatic N) is 3. The number of nitrogens with one attached hydrogen (secondary N) is 1. The number of hydrogen-bond donors (Lipinski definition) is 1. The summed E-state index contributed by atoms with van der Waals surface area (Å²) >= 11 is 5.83. The fourth-order valence-corrected chi connectivity index (χ4v) is 3.37. The molecule has 0 atom stereocenters. The molecule has 2 aromatic rings. The van der Waals surface area contributed by atoms with Gasteiger partial charge in [0.1, 0.15) is 5.15 Å². The minimum atomic E-state index is 0.0535. The van der Waals surface area contributed by atoms with E-state index in [0.29, 0.717) is 11.7 Å². The molecule has 0 spiro atoms. The zero-order valence-electron chi connectivity index (χ0n) is 15.3. The molecule has 1 aliphatic rings. The number of benzene rings is 1. The zero-order valence-corrected chi connectivity index (χ0v) is 16.1. The van der Waals surface area contributed by atoms with Gasteiger partial charge in [-0.25, -0.2) is 4.98 Å². The van der Waals surface area contributed by atoms with E-state index in [1.807, 2.05) is 50.4 Å². The molecule has 1 aromatic heterocycles. The average molecular weight is 373 g/mol. The van der Waals surface area contributed by atoms with Crippen molar-refractivity contribution in [2.45, 2.75) is 20.4 Å². The highest BCUT2D eigenvalue weighted by molar-refractivity contribution is 6.29. The number of anilines is 1. The van der Waals surface area contributed by atoms with E-state index >= 15 is 0 Å². The maximum Gasteiger partial charge on any atom is 0.238 e. The van der Waals surface area contributed by atoms with E-state index in [0.717, 1.165) is 55.1 Å². The van der Waals surface area contributed by atoms with E-state index in [2.05, 4.69) is 20.1 Å². The number of pyridine rings is 1. The van der Waals surface area contributed by atoms with Crippen LogP contribution in [0.15, 0.2) is 36.5 Å². The van der Waals surface area contributed by atoms with E-state index in [4.69, 9.17) is 11.6 Å². The van der Waals surface area contributed by atoms with E-state index in [1.54, 1.807) is 0 Å². The second kappa shape index (κ2) is 8.62. The smallest absolute Gasteiger partial charge is 0.238 e. The van der Waals surface area contributed by atoms with Crippen molar-refractivity contribution in [2.75, 3.05) is 38.0 Å². The highest BCUT2D eigenvalue weighted by atomic mass is 35.5. The Morgan fingerprint density at radius 1 is 1.08 bits per heavy atom. The Morgan fingerprint density at radius 2 is 1.73 bits per heavy atom. The maximum atomic E-state index is 12.4. The summed E-state index contributed by atoms with van der Waals surface area (Å²) in [6.45, 7) is 9.01. The quantitative estimate of drug-likeness (QED) is 0.819. The summed E-state index contributed by atoms with van der Waals surface area (Å²) in [6, 6.07) is 9.89. The van der Waals surface area contributed by atoms with Crippen molar-refractivity contribution in [3.8, 4) is 0 Å². The standard InChI is InChI=1S/C20H25ClN4O/c1-15-4-3-5-16(2)20(15)23-19(26)14-25-10-8-24(9-11-25)13-17-6-7-18(21)22-12-17/h3-7,12H,8-11,13-14H2,1-2H3,(H,23,26). The van der Waals surface area contributed by atoms with Gasteiger partial charge in [0.05, 0.1) is 6.54 Å². The lowest BCUT2D eigenvalue weighted by Crippen LogP contribution is -2.48. The van der Waals surface area contributed by atoms with Gasteiger partial charge in [-0.05, 0) is 36.6 Å². The van der Waals surface area contributed by atoms with Crippen molar-refractivity contribution >= 4 is 23.2 Å². The predicted octanol–water partition coefficient (Wildman–Crippen LogP) is 3.11. The van der Waals surface area contributed by atoms with Gasteiger partial charge in [-0.2, -0.15) is 0 Å². The van der Waals surface area contributed by atoms with Crippen molar-refractivity contribution in [3.63, 3.8) is 0 Å². The molecule has 2 heterocycles. The number of rotatable bonds is 5. The van der Waals surface area contributed by atoms with E-state index < -0.39 is 0 Å². The molecule has 1 aromatic carbocycles. The molecule has 6 heteroatoms. The number of carbonyl (C=O) groups is 1. The molecule has 0 aliphatic carbocycles. The SMILES string of the molecule is Cc1cccc(C)c1NC(=O)CN1CCN(Cc2ccc(Cl)nc2)CC1. The monoisotopic (exact) mass is 372 g/mol. The molecule has 0 bridgehead atoms. The van der Waals surface area contributed by atoms with Gasteiger partial charge in [0.15, 0.2) is 0 Å².